The monoisotopic (exact) mass is 219 g/mol. The normalized spacial score (nSPS) is 17.4. The maximum absolute atomic E-state index is 11.4. The van der Waals surface area contributed by atoms with Crippen LogP contribution in [0.25, 0.3) is 0 Å². The van der Waals surface area contributed by atoms with Crippen LogP contribution in [0.15, 0.2) is 24.9 Å². The lowest BCUT2D eigenvalue weighted by molar-refractivity contribution is -0.127. The van der Waals surface area contributed by atoms with Gasteiger partial charge in [0, 0.05) is 19.3 Å². The van der Waals surface area contributed by atoms with Crippen molar-refractivity contribution in [1.82, 2.24) is 14.7 Å². The SMILES string of the molecule is C=CC(=O)N1CCC(n2ccc(C)n2)CC1. The highest BCUT2D eigenvalue weighted by Crippen LogP contribution is 2.21. The molecule has 1 fully saturated rings. The van der Waals surface area contributed by atoms with Crippen LogP contribution in [0.2, 0.25) is 0 Å². The van der Waals surface area contributed by atoms with Crippen molar-refractivity contribution in [3.05, 3.63) is 30.6 Å². The van der Waals surface area contributed by atoms with Gasteiger partial charge in [-0.05, 0) is 31.9 Å². The minimum absolute atomic E-state index is 0.0371. The number of hydrogen-bond donors (Lipinski definition) is 0. The average Bonchev–Trinajstić information content (AvgIpc) is 2.75. The molecule has 0 atom stereocenters. The molecular formula is C12H17N3O. The number of aryl methyl sites for hydroxylation is 1. The van der Waals surface area contributed by atoms with Crippen LogP contribution in [0, 0.1) is 6.92 Å². The molecule has 2 rings (SSSR count). The molecule has 16 heavy (non-hydrogen) atoms. The molecule has 0 spiro atoms. The predicted molar refractivity (Wildman–Crippen MR) is 62.0 cm³/mol. The Bertz CT molecular complexity index is 389. The summed E-state index contributed by atoms with van der Waals surface area (Å²) in [5, 5.41) is 4.42. The average molecular weight is 219 g/mol. The highest BCUT2D eigenvalue weighted by atomic mass is 16.2. The zero-order valence-electron chi connectivity index (χ0n) is 9.59. The fourth-order valence-corrected chi connectivity index (χ4v) is 2.12. The minimum Gasteiger partial charge on any atom is -0.339 e. The number of aromatic nitrogens is 2. The van der Waals surface area contributed by atoms with Crippen LogP contribution in [-0.4, -0.2) is 33.7 Å². The van der Waals surface area contributed by atoms with Crippen molar-refractivity contribution < 1.29 is 4.79 Å². The second-order valence-corrected chi connectivity index (χ2v) is 4.20. The Balaban J connectivity index is 1.95. The predicted octanol–water partition coefficient (Wildman–Crippen LogP) is 1.54. The lowest BCUT2D eigenvalue weighted by Gasteiger charge is -2.31. The van der Waals surface area contributed by atoms with Gasteiger partial charge in [0.15, 0.2) is 0 Å². The number of piperidine rings is 1. The van der Waals surface area contributed by atoms with E-state index in [9.17, 15) is 4.79 Å². The molecule has 1 aliphatic heterocycles. The Morgan fingerprint density at radius 3 is 2.75 bits per heavy atom. The first-order valence-electron chi connectivity index (χ1n) is 5.64. The number of hydrogen-bond acceptors (Lipinski definition) is 2. The van der Waals surface area contributed by atoms with Crippen molar-refractivity contribution in [2.45, 2.75) is 25.8 Å². The van der Waals surface area contributed by atoms with Gasteiger partial charge >= 0.3 is 0 Å². The van der Waals surface area contributed by atoms with Crippen LogP contribution in [0.3, 0.4) is 0 Å². The van der Waals surface area contributed by atoms with Crippen molar-refractivity contribution >= 4 is 5.91 Å². The zero-order valence-corrected chi connectivity index (χ0v) is 9.59. The molecule has 0 N–H and O–H groups in total. The summed E-state index contributed by atoms with van der Waals surface area (Å²) >= 11 is 0. The third kappa shape index (κ3) is 2.15. The first-order valence-corrected chi connectivity index (χ1v) is 5.64. The topological polar surface area (TPSA) is 38.1 Å². The van der Waals surface area contributed by atoms with Gasteiger partial charge in [0.1, 0.15) is 0 Å². The molecule has 0 aliphatic carbocycles. The van der Waals surface area contributed by atoms with E-state index in [1.165, 1.54) is 6.08 Å². The molecule has 1 aromatic rings. The van der Waals surface area contributed by atoms with Gasteiger partial charge in [-0.25, -0.2) is 0 Å². The zero-order chi connectivity index (χ0) is 11.5. The van der Waals surface area contributed by atoms with E-state index >= 15 is 0 Å². The molecule has 1 aromatic heterocycles. The van der Waals surface area contributed by atoms with E-state index in [-0.39, 0.29) is 5.91 Å². The Kier molecular flexibility index (Phi) is 3.08. The molecule has 4 heteroatoms. The van der Waals surface area contributed by atoms with E-state index in [2.05, 4.69) is 11.7 Å². The van der Waals surface area contributed by atoms with Gasteiger partial charge in [-0.15, -0.1) is 0 Å². The van der Waals surface area contributed by atoms with Crippen LogP contribution < -0.4 is 0 Å². The standard InChI is InChI=1S/C12H17N3O/c1-3-12(16)14-7-5-11(6-8-14)15-9-4-10(2)13-15/h3-4,9,11H,1,5-8H2,2H3. The summed E-state index contributed by atoms with van der Waals surface area (Å²) in [6.07, 6.45) is 5.35. The van der Waals surface area contributed by atoms with Gasteiger partial charge in [-0.1, -0.05) is 6.58 Å². The summed E-state index contributed by atoms with van der Waals surface area (Å²) in [7, 11) is 0. The van der Waals surface area contributed by atoms with Gasteiger partial charge in [-0.2, -0.15) is 5.10 Å². The van der Waals surface area contributed by atoms with E-state index in [0.717, 1.165) is 31.6 Å². The Labute approximate surface area is 95.5 Å². The van der Waals surface area contributed by atoms with Gasteiger partial charge in [-0.3, -0.25) is 9.48 Å². The molecule has 2 heterocycles. The van der Waals surface area contributed by atoms with Gasteiger partial charge in [0.05, 0.1) is 11.7 Å². The summed E-state index contributed by atoms with van der Waals surface area (Å²) in [5.74, 6) is 0.0371. The lowest BCUT2D eigenvalue weighted by atomic mass is 10.1. The van der Waals surface area contributed by atoms with Crippen molar-refractivity contribution in [3.8, 4) is 0 Å². The first-order chi connectivity index (χ1) is 7.70. The summed E-state index contributed by atoms with van der Waals surface area (Å²) < 4.78 is 2.02. The summed E-state index contributed by atoms with van der Waals surface area (Å²) in [5.41, 5.74) is 1.05. The van der Waals surface area contributed by atoms with E-state index in [4.69, 9.17) is 0 Å². The Morgan fingerprint density at radius 1 is 1.56 bits per heavy atom. The molecule has 86 valence electrons. The quantitative estimate of drug-likeness (QED) is 0.708. The second kappa shape index (κ2) is 4.51. The van der Waals surface area contributed by atoms with Crippen molar-refractivity contribution in [1.29, 1.82) is 0 Å². The molecule has 0 radical (unpaired) electrons. The molecule has 1 saturated heterocycles. The highest BCUT2D eigenvalue weighted by molar-refractivity contribution is 5.87. The van der Waals surface area contributed by atoms with E-state index < -0.39 is 0 Å². The molecule has 0 aromatic carbocycles. The van der Waals surface area contributed by atoms with Gasteiger partial charge in [0.25, 0.3) is 0 Å². The fourth-order valence-electron chi connectivity index (χ4n) is 2.12. The number of carbonyl (C=O) groups is 1. The molecule has 0 unspecified atom stereocenters. The maximum Gasteiger partial charge on any atom is 0.245 e. The van der Waals surface area contributed by atoms with E-state index in [0.29, 0.717) is 6.04 Å². The minimum atomic E-state index is 0.0371. The van der Waals surface area contributed by atoms with Crippen LogP contribution in [0.5, 0.6) is 0 Å². The number of likely N-dealkylation sites (tertiary alicyclic amines) is 1. The maximum atomic E-state index is 11.4. The Hall–Kier alpha value is -1.58. The third-order valence-corrected chi connectivity index (χ3v) is 3.07. The number of nitrogens with zero attached hydrogens (tertiary/aromatic N) is 3. The largest absolute Gasteiger partial charge is 0.339 e. The first kappa shape index (κ1) is 10.9. The van der Waals surface area contributed by atoms with Gasteiger partial charge < -0.3 is 4.90 Å². The molecule has 1 aliphatic rings. The second-order valence-electron chi connectivity index (χ2n) is 4.20. The van der Waals surface area contributed by atoms with Crippen LogP contribution in [0.1, 0.15) is 24.6 Å². The number of carbonyl (C=O) groups excluding carboxylic acids is 1. The summed E-state index contributed by atoms with van der Waals surface area (Å²) in [6.45, 7) is 7.10. The summed E-state index contributed by atoms with van der Waals surface area (Å²) in [4.78, 5) is 13.2. The number of amides is 1. The number of rotatable bonds is 2. The third-order valence-electron chi connectivity index (χ3n) is 3.07. The van der Waals surface area contributed by atoms with Crippen molar-refractivity contribution in [3.63, 3.8) is 0 Å². The Morgan fingerprint density at radius 2 is 2.25 bits per heavy atom. The highest BCUT2D eigenvalue weighted by Gasteiger charge is 2.22. The smallest absolute Gasteiger partial charge is 0.245 e. The lowest BCUT2D eigenvalue weighted by Crippen LogP contribution is -2.38. The molecule has 1 amide bonds. The van der Waals surface area contributed by atoms with Crippen LogP contribution in [-0.2, 0) is 4.79 Å². The molecule has 0 bridgehead atoms. The molecular weight excluding hydrogens is 202 g/mol. The van der Waals surface area contributed by atoms with Crippen LogP contribution >= 0.6 is 0 Å². The van der Waals surface area contributed by atoms with Crippen molar-refractivity contribution in [2.75, 3.05) is 13.1 Å². The van der Waals surface area contributed by atoms with Crippen molar-refractivity contribution in [2.24, 2.45) is 0 Å². The van der Waals surface area contributed by atoms with E-state index in [1.807, 2.05) is 28.8 Å². The molecule has 4 nitrogen and oxygen atoms in total. The molecule has 0 saturated carbocycles. The fraction of sp³-hybridized carbons (Fsp3) is 0.500. The van der Waals surface area contributed by atoms with E-state index in [1.54, 1.807) is 0 Å². The van der Waals surface area contributed by atoms with Crippen LogP contribution in [0.4, 0.5) is 0 Å². The summed E-state index contributed by atoms with van der Waals surface area (Å²) in [6, 6.07) is 2.45. The van der Waals surface area contributed by atoms with Gasteiger partial charge in [0.2, 0.25) is 5.91 Å².